The van der Waals surface area contributed by atoms with E-state index in [-0.39, 0.29) is 6.61 Å². The Balaban J connectivity index is 2.22. The van der Waals surface area contributed by atoms with Gasteiger partial charge in [0.25, 0.3) is 0 Å². The quantitative estimate of drug-likeness (QED) is 0.379. The number of nitrogens with zero attached hydrogens (tertiary/aromatic N) is 2. The third kappa shape index (κ3) is 4.57. The van der Waals surface area contributed by atoms with Crippen molar-refractivity contribution in [3.8, 4) is 12.3 Å². The Morgan fingerprint density at radius 2 is 2.22 bits per heavy atom. The summed E-state index contributed by atoms with van der Waals surface area (Å²) in [5.74, 6) is 1.95. The van der Waals surface area contributed by atoms with Crippen molar-refractivity contribution in [1.82, 2.24) is 9.78 Å². The SMILES string of the molecule is C#CCOCCOCCn1nccc1C(=O)OC. The van der Waals surface area contributed by atoms with Crippen LogP contribution in [0.5, 0.6) is 0 Å². The van der Waals surface area contributed by atoms with Gasteiger partial charge in [-0.05, 0) is 6.07 Å². The minimum atomic E-state index is -0.412. The lowest BCUT2D eigenvalue weighted by atomic mass is 10.4. The summed E-state index contributed by atoms with van der Waals surface area (Å²) in [5, 5.41) is 4.01. The summed E-state index contributed by atoms with van der Waals surface area (Å²) < 4.78 is 16.5. The van der Waals surface area contributed by atoms with Crippen LogP contribution in [0.1, 0.15) is 10.5 Å². The van der Waals surface area contributed by atoms with Crippen LogP contribution in [0.2, 0.25) is 0 Å². The number of aromatic nitrogens is 2. The highest BCUT2D eigenvalue weighted by Crippen LogP contribution is 2.00. The van der Waals surface area contributed by atoms with Gasteiger partial charge in [0.15, 0.2) is 0 Å². The molecular weight excluding hydrogens is 236 g/mol. The normalized spacial score (nSPS) is 10.0. The minimum Gasteiger partial charge on any atom is -0.464 e. The van der Waals surface area contributed by atoms with E-state index < -0.39 is 5.97 Å². The number of hydrogen-bond donors (Lipinski definition) is 0. The third-order valence-corrected chi connectivity index (χ3v) is 2.12. The highest BCUT2D eigenvalue weighted by molar-refractivity contribution is 5.87. The highest BCUT2D eigenvalue weighted by Gasteiger charge is 2.11. The summed E-state index contributed by atoms with van der Waals surface area (Å²) in [7, 11) is 1.33. The first kappa shape index (κ1) is 14.2. The van der Waals surface area contributed by atoms with Gasteiger partial charge in [0.1, 0.15) is 12.3 Å². The lowest BCUT2D eigenvalue weighted by Gasteiger charge is -2.07. The summed E-state index contributed by atoms with van der Waals surface area (Å²) in [5.41, 5.74) is 0.407. The zero-order chi connectivity index (χ0) is 13.2. The van der Waals surface area contributed by atoms with E-state index in [2.05, 4.69) is 15.8 Å². The van der Waals surface area contributed by atoms with Gasteiger partial charge in [0.05, 0.1) is 33.5 Å². The zero-order valence-electron chi connectivity index (χ0n) is 10.3. The van der Waals surface area contributed by atoms with Gasteiger partial charge in [-0.3, -0.25) is 4.68 Å². The predicted molar refractivity (Wildman–Crippen MR) is 64.0 cm³/mol. The molecule has 0 N–H and O–H groups in total. The van der Waals surface area contributed by atoms with Crippen molar-refractivity contribution >= 4 is 5.97 Å². The van der Waals surface area contributed by atoms with Crippen LogP contribution in [-0.2, 0) is 20.8 Å². The molecule has 0 aliphatic rings. The molecule has 0 saturated carbocycles. The van der Waals surface area contributed by atoms with Gasteiger partial charge in [0, 0.05) is 6.20 Å². The van der Waals surface area contributed by atoms with Crippen molar-refractivity contribution in [3.05, 3.63) is 18.0 Å². The summed E-state index contributed by atoms with van der Waals surface area (Å²) in [6, 6.07) is 1.60. The largest absolute Gasteiger partial charge is 0.464 e. The van der Waals surface area contributed by atoms with E-state index in [1.54, 1.807) is 12.3 Å². The van der Waals surface area contributed by atoms with Crippen molar-refractivity contribution in [2.24, 2.45) is 0 Å². The van der Waals surface area contributed by atoms with Gasteiger partial charge in [-0.25, -0.2) is 4.79 Å². The van der Waals surface area contributed by atoms with Crippen LogP contribution in [0.25, 0.3) is 0 Å². The Hall–Kier alpha value is -1.84. The number of esters is 1. The zero-order valence-corrected chi connectivity index (χ0v) is 10.3. The van der Waals surface area contributed by atoms with E-state index in [1.165, 1.54) is 11.8 Å². The van der Waals surface area contributed by atoms with Crippen molar-refractivity contribution in [3.63, 3.8) is 0 Å². The summed E-state index contributed by atoms with van der Waals surface area (Å²) in [6.07, 6.45) is 6.56. The molecule has 0 aliphatic heterocycles. The standard InChI is InChI=1S/C12H16N2O4/c1-3-7-17-9-10-18-8-6-14-11(4-5-13-14)12(15)16-2/h1,4-5H,6-10H2,2H3. The van der Waals surface area contributed by atoms with Crippen LogP contribution in [0.4, 0.5) is 0 Å². The van der Waals surface area contributed by atoms with Crippen LogP contribution in [0, 0.1) is 12.3 Å². The molecule has 1 aromatic heterocycles. The van der Waals surface area contributed by atoms with Gasteiger partial charge in [-0.15, -0.1) is 6.42 Å². The third-order valence-electron chi connectivity index (χ3n) is 2.12. The Morgan fingerprint density at radius 1 is 1.44 bits per heavy atom. The van der Waals surface area contributed by atoms with E-state index in [0.717, 1.165) is 0 Å². The molecular formula is C12H16N2O4. The highest BCUT2D eigenvalue weighted by atomic mass is 16.5. The van der Waals surface area contributed by atoms with Crippen LogP contribution in [0.3, 0.4) is 0 Å². The smallest absolute Gasteiger partial charge is 0.356 e. The van der Waals surface area contributed by atoms with Gasteiger partial charge >= 0.3 is 5.97 Å². The first-order chi connectivity index (χ1) is 8.79. The fourth-order valence-electron chi connectivity index (χ4n) is 1.29. The second-order valence-corrected chi connectivity index (χ2v) is 3.30. The van der Waals surface area contributed by atoms with Crippen LogP contribution in [0.15, 0.2) is 12.3 Å². The molecule has 6 nitrogen and oxygen atoms in total. The Morgan fingerprint density at radius 3 is 2.94 bits per heavy atom. The number of hydrogen-bond acceptors (Lipinski definition) is 5. The first-order valence-electron chi connectivity index (χ1n) is 5.48. The molecule has 0 spiro atoms. The Bertz CT molecular complexity index is 408. The first-order valence-corrected chi connectivity index (χ1v) is 5.48. The van der Waals surface area contributed by atoms with Crippen molar-refractivity contribution < 1.29 is 19.0 Å². The van der Waals surface area contributed by atoms with E-state index in [0.29, 0.717) is 32.1 Å². The van der Waals surface area contributed by atoms with E-state index in [9.17, 15) is 4.79 Å². The number of rotatable bonds is 8. The predicted octanol–water partition coefficient (Wildman–Crippen LogP) is 0.336. The van der Waals surface area contributed by atoms with E-state index in [1.807, 2.05) is 0 Å². The molecule has 0 bridgehead atoms. The maximum Gasteiger partial charge on any atom is 0.356 e. The molecule has 0 aromatic carbocycles. The van der Waals surface area contributed by atoms with Crippen molar-refractivity contribution in [1.29, 1.82) is 0 Å². The second-order valence-electron chi connectivity index (χ2n) is 3.30. The molecule has 1 heterocycles. The molecule has 1 rings (SSSR count). The van der Waals surface area contributed by atoms with Crippen molar-refractivity contribution in [2.75, 3.05) is 33.5 Å². The molecule has 0 amide bonds. The second kappa shape index (κ2) is 8.28. The van der Waals surface area contributed by atoms with E-state index in [4.69, 9.17) is 15.9 Å². The molecule has 0 aliphatic carbocycles. The molecule has 6 heteroatoms. The van der Waals surface area contributed by atoms with Crippen molar-refractivity contribution in [2.45, 2.75) is 6.54 Å². The van der Waals surface area contributed by atoms with Crippen LogP contribution >= 0.6 is 0 Å². The fraction of sp³-hybridized carbons (Fsp3) is 0.500. The fourth-order valence-corrected chi connectivity index (χ4v) is 1.29. The molecule has 0 atom stereocenters. The number of methoxy groups -OCH3 is 1. The van der Waals surface area contributed by atoms with Gasteiger partial charge < -0.3 is 14.2 Å². The van der Waals surface area contributed by atoms with Gasteiger partial charge in [0.2, 0.25) is 0 Å². The van der Waals surface area contributed by atoms with E-state index >= 15 is 0 Å². The number of ether oxygens (including phenoxy) is 3. The number of carbonyl (C=O) groups excluding carboxylic acids is 1. The number of carbonyl (C=O) groups is 1. The van der Waals surface area contributed by atoms with Gasteiger partial charge in [-0.1, -0.05) is 5.92 Å². The maximum absolute atomic E-state index is 11.3. The molecule has 1 aromatic rings. The Kier molecular flexibility index (Phi) is 6.54. The molecule has 0 saturated heterocycles. The summed E-state index contributed by atoms with van der Waals surface area (Å²) in [6.45, 7) is 2.11. The summed E-state index contributed by atoms with van der Waals surface area (Å²) in [4.78, 5) is 11.3. The average molecular weight is 252 g/mol. The monoisotopic (exact) mass is 252 g/mol. The average Bonchev–Trinajstić information content (AvgIpc) is 2.85. The topological polar surface area (TPSA) is 62.6 Å². The van der Waals surface area contributed by atoms with Crippen LogP contribution < -0.4 is 0 Å². The maximum atomic E-state index is 11.3. The Labute approximate surface area is 106 Å². The molecule has 98 valence electrons. The lowest BCUT2D eigenvalue weighted by Crippen LogP contribution is -2.16. The van der Waals surface area contributed by atoms with Gasteiger partial charge in [-0.2, -0.15) is 5.10 Å². The molecule has 0 radical (unpaired) electrons. The summed E-state index contributed by atoms with van der Waals surface area (Å²) >= 11 is 0. The molecule has 18 heavy (non-hydrogen) atoms. The molecule has 0 fully saturated rings. The molecule has 0 unspecified atom stereocenters. The number of terminal acetylenes is 1. The van der Waals surface area contributed by atoms with Crippen LogP contribution in [-0.4, -0.2) is 49.3 Å². The minimum absolute atomic E-state index is 0.287. The lowest BCUT2D eigenvalue weighted by molar-refractivity contribution is 0.0520.